The molecule has 0 heterocycles. The summed E-state index contributed by atoms with van der Waals surface area (Å²) >= 11 is 0. The number of benzene rings is 2. The van der Waals surface area contributed by atoms with Crippen LogP contribution in [-0.2, 0) is 15.9 Å². The van der Waals surface area contributed by atoms with Gasteiger partial charge in [-0.25, -0.2) is 0 Å². The van der Waals surface area contributed by atoms with Crippen molar-refractivity contribution >= 4 is 15.8 Å². The van der Waals surface area contributed by atoms with Crippen molar-refractivity contribution in [3.63, 3.8) is 0 Å². The highest BCUT2D eigenvalue weighted by molar-refractivity contribution is 7.86. The number of non-ortho nitro benzene ring substituents is 1. The van der Waals surface area contributed by atoms with E-state index in [-0.39, 0.29) is 23.1 Å². The van der Waals surface area contributed by atoms with E-state index >= 15 is 0 Å². The van der Waals surface area contributed by atoms with E-state index in [2.05, 4.69) is 0 Å². The van der Waals surface area contributed by atoms with Crippen LogP contribution < -0.4 is 4.18 Å². The standard InChI is InChI=1S/C17H19NO5S/c1-12(2)15-8-13(3)9-17(10-15)23-24(21,22)11-14-4-6-16(7-5-14)18(19)20/h4-10,12H,11H2,1-3H3. The first-order valence-electron chi connectivity index (χ1n) is 7.43. The molecule has 0 atom stereocenters. The summed E-state index contributed by atoms with van der Waals surface area (Å²) in [4.78, 5) is 10.1. The van der Waals surface area contributed by atoms with Crippen molar-refractivity contribution in [3.05, 3.63) is 69.3 Å². The lowest BCUT2D eigenvalue weighted by atomic mass is 10.0. The van der Waals surface area contributed by atoms with E-state index in [1.807, 2.05) is 26.8 Å². The average molecular weight is 349 g/mol. The lowest BCUT2D eigenvalue weighted by Gasteiger charge is -2.12. The summed E-state index contributed by atoms with van der Waals surface area (Å²) in [6.07, 6.45) is 0. The van der Waals surface area contributed by atoms with E-state index < -0.39 is 15.0 Å². The van der Waals surface area contributed by atoms with Crippen molar-refractivity contribution < 1.29 is 17.5 Å². The summed E-state index contributed by atoms with van der Waals surface area (Å²) in [5.41, 5.74) is 2.26. The molecule has 0 aliphatic heterocycles. The molecule has 0 bridgehead atoms. The molecule has 0 aliphatic rings. The summed E-state index contributed by atoms with van der Waals surface area (Å²) in [6.45, 7) is 5.91. The molecular formula is C17H19NO5S. The number of hydrogen-bond acceptors (Lipinski definition) is 5. The third-order valence-electron chi connectivity index (χ3n) is 3.45. The Kier molecular flexibility index (Phi) is 5.23. The highest BCUT2D eigenvalue weighted by Gasteiger charge is 2.16. The lowest BCUT2D eigenvalue weighted by Crippen LogP contribution is -2.12. The Morgan fingerprint density at radius 3 is 2.29 bits per heavy atom. The summed E-state index contributed by atoms with van der Waals surface area (Å²) in [5.74, 6) is 0.181. The predicted octanol–water partition coefficient (Wildman–Crippen LogP) is 3.94. The molecule has 24 heavy (non-hydrogen) atoms. The summed E-state index contributed by atoms with van der Waals surface area (Å²) in [5, 5.41) is 10.6. The second-order valence-corrected chi connectivity index (χ2v) is 7.51. The average Bonchev–Trinajstić information content (AvgIpc) is 2.45. The van der Waals surface area contributed by atoms with E-state index in [0.29, 0.717) is 5.56 Å². The Morgan fingerprint density at radius 1 is 1.12 bits per heavy atom. The number of nitrogens with zero attached hydrogens (tertiary/aromatic N) is 1. The molecular weight excluding hydrogens is 330 g/mol. The maximum absolute atomic E-state index is 12.2. The van der Waals surface area contributed by atoms with Gasteiger partial charge in [0.15, 0.2) is 0 Å². The zero-order valence-electron chi connectivity index (χ0n) is 13.7. The highest BCUT2D eigenvalue weighted by Crippen LogP contribution is 2.25. The SMILES string of the molecule is Cc1cc(OS(=O)(=O)Cc2ccc([N+](=O)[O-])cc2)cc(C(C)C)c1. The maximum Gasteiger partial charge on any atom is 0.313 e. The second kappa shape index (κ2) is 7.00. The second-order valence-electron chi connectivity index (χ2n) is 5.94. The molecule has 0 radical (unpaired) electrons. The van der Waals surface area contributed by atoms with Crippen LogP contribution >= 0.6 is 0 Å². The molecule has 0 unspecified atom stereocenters. The smallest absolute Gasteiger partial charge is 0.313 e. The van der Waals surface area contributed by atoms with E-state index in [1.54, 1.807) is 12.1 Å². The van der Waals surface area contributed by atoms with E-state index in [4.69, 9.17) is 4.18 Å². The van der Waals surface area contributed by atoms with Gasteiger partial charge < -0.3 is 4.18 Å². The Balaban J connectivity index is 2.18. The van der Waals surface area contributed by atoms with Crippen LogP contribution in [0, 0.1) is 17.0 Å². The fourth-order valence-electron chi connectivity index (χ4n) is 2.25. The molecule has 6 nitrogen and oxygen atoms in total. The monoisotopic (exact) mass is 349 g/mol. The maximum atomic E-state index is 12.2. The fourth-order valence-corrected chi connectivity index (χ4v) is 3.30. The number of nitro benzene ring substituents is 1. The lowest BCUT2D eigenvalue weighted by molar-refractivity contribution is -0.384. The van der Waals surface area contributed by atoms with Gasteiger partial charge in [-0.2, -0.15) is 8.42 Å². The largest absolute Gasteiger partial charge is 0.382 e. The van der Waals surface area contributed by atoms with E-state index in [0.717, 1.165) is 11.1 Å². The minimum absolute atomic E-state index is 0.0858. The Bertz CT molecular complexity index is 842. The van der Waals surface area contributed by atoms with Crippen LogP contribution in [0.1, 0.15) is 36.5 Å². The van der Waals surface area contributed by atoms with Gasteiger partial charge in [-0.3, -0.25) is 10.1 Å². The topological polar surface area (TPSA) is 86.5 Å². The third-order valence-corrected chi connectivity index (χ3v) is 4.59. The van der Waals surface area contributed by atoms with Crippen LogP contribution in [0.2, 0.25) is 0 Å². The molecule has 128 valence electrons. The molecule has 2 aromatic rings. The molecule has 2 rings (SSSR count). The Morgan fingerprint density at radius 2 is 1.75 bits per heavy atom. The molecule has 7 heteroatoms. The van der Waals surface area contributed by atoms with E-state index in [1.165, 1.54) is 24.3 Å². The summed E-state index contributed by atoms with van der Waals surface area (Å²) in [6, 6.07) is 10.7. The van der Waals surface area contributed by atoms with Crippen LogP contribution in [0.3, 0.4) is 0 Å². The predicted molar refractivity (Wildman–Crippen MR) is 91.6 cm³/mol. The summed E-state index contributed by atoms with van der Waals surface area (Å²) in [7, 11) is -3.85. The Hall–Kier alpha value is -2.41. The molecule has 0 aliphatic carbocycles. The van der Waals surface area contributed by atoms with Crippen molar-refractivity contribution in [2.75, 3.05) is 0 Å². The van der Waals surface area contributed by atoms with Crippen LogP contribution in [0.15, 0.2) is 42.5 Å². The van der Waals surface area contributed by atoms with Gasteiger partial charge in [-0.1, -0.05) is 32.0 Å². The van der Waals surface area contributed by atoms with Gasteiger partial charge in [0.25, 0.3) is 5.69 Å². The van der Waals surface area contributed by atoms with Crippen LogP contribution in [0.25, 0.3) is 0 Å². The third kappa shape index (κ3) is 4.79. The first kappa shape index (κ1) is 17.9. The van der Waals surface area contributed by atoms with Crippen LogP contribution in [0.4, 0.5) is 5.69 Å². The molecule has 0 fully saturated rings. The number of aryl methyl sites for hydroxylation is 1. The Labute approximate surface area is 141 Å². The molecule has 0 aromatic heterocycles. The van der Waals surface area contributed by atoms with Gasteiger partial charge in [-0.15, -0.1) is 0 Å². The van der Waals surface area contributed by atoms with Crippen molar-refractivity contribution in [1.82, 2.24) is 0 Å². The molecule has 0 saturated carbocycles. The van der Waals surface area contributed by atoms with Crippen molar-refractivity contribution in [2.24, 2.45) is 0 Å². The first-order valence-corrected chi connectivity index (χ1v) is 9.01. The van der Waals surface area contributed by atoms with Gasteiger partial charge >= 0.3 is 10.1 Å². The van der Waals surface area contributed by atoms with E-state index in [9.17, 15) is 18.5 Å². The van der Waals surface area contributed by atoms with Gasteiger partial charge in [0.05, 0.1) is 4.92 Å². The number of hydrogen-bond donors (Lipinski definition) is 0. The van der Waals surface area contributed by atoms with Crippen LogP contribution in [-0.4, -0.2) is 13.3 Å². The quantitative estimate of drug-likeness (QED) is 0.448. The first-order chi connectivity index (χ1) is 11.2. The molecule has 0 spiro atoms. The highest BCUT2D eigenvalue weighted by atomic mass is 32.2. The van der Waals surface area contributed by atoms with Crippen molar-refractivity contribution in [2.45, 2.75) is 32.4 Å². The summed E-state index contributed by atoms with van der Waals surface area (Å²) < 4.78 is 29.6. The fraction of sp³-hybridized carbons (Fsp3) is 0.294. The zero-order chi connectivity index (χ0) is 17.9. The number of rotatable bonds is 6. The van der Waals surface area contributed by atoms with Crippen molar-refractivity contribution in [3.8, 4) is 5.75 Å². The molecule has 0 N–H and O–H groups in total. The van der Waals surface area contributed by atoms with Gasteiger partial charge in [0.2, 0.25) is 0 Å². The normalized spacial score (nSPS) is 11.5. The van der Waals surface area contributed by atoms with Gasteiger partial charge in [0.1, 0.15) is 11.5 Å². The van der Waals surface area contributed by atoms with Gasteiger partial charge in [-0.05, 0) is 41.7 Å². The van der Waals surface area contributed by atoms with Crippen LogP contribution in [0.5, 0.6) is 5.75 Å². The van der Waals surface area contributed by atoms with Crippen molar-refractivity contribution in [1.29, 1.82) is 0 Å². The minimum atomic E-state index is -3.85. The number of nitro groups is 1. The molecule has 2 aromatic carbocycles. The molecule has 0 saturated heterocycles. The molecule has 0 amide bonds. The zero-order valence-corrected chi connectivity index (χ0v) is 14.5. The van der Waals surface area contributed by atoms with Gasteiger partial charge in [0, 0.05) is 12.1 Å². The minimum Gasteiger partial charge on any atom is -0.382 e.